The summed E-state index contributed by atoms with van der Waals surface area (Å²) in [7, 11) is 1.83. The zero-order valence-electron chi connectivity index (χ0n) is 22.5. The number of piperidine rings is 1. The Morgan fingerprint density at radius 2 is 2.03 bits per heavy atom. The van der Waals surface area contributed by atoms with Gasteiger partial charge in [-0.05, 0) is 98.4 Å². The molecule has 1 unspecified atom stereocenters. The van der Waals surface area contributed by atoms with Crippen LogP contribution >= 0.6 is 11.3 Å². The van der Waals surface area contributed by atoms with Crippen molar-refractivity contribution in [1.82, 2.24) is 4.90 Å². The summed E-state index contributed by atoms with van der Waals surface area (Å²) in [6.07, 6.45) is 6.86. The minimum absolute atomic E-state index is 0.0936. The highest BCUT2D eigenvalue weighted by Gasteiger charge is 2.88. The highest BCUT2D eigenvalue weighted by molar-refractivity contribution is 7.10. The highest BCUT2D eigenvalue weighted by atomic mass is 32.1. The fourth-order valence-corrected chi connectivity index (χ4v) is 11.5. The standard InChI is InChI=1S/C31H39NO4S/c1-5-31(35-4)26-29-11-12-32(15-19-6-7-19)22(14-20-8-9-21(33)24(36-26)23(20)29)27(29,3)16-28(31)17-30(28,34)25-18(2)10-13-37-25/h8-10,13,19,22,26,33-34H,5-7,11-12,14-17H2,1-4H3/t22-,26-,27-,28?,29+,30-,31+/m1/s1. The number of phenolic OH excluding ortho intramolecular Hbond substituents is 1. The second kappa shape index (κ2) is 6.93. The van der Waals surface area contributed by atoms with Crippen LogP contribution in [0.4, 0.5) is 0 Å². The molecule has 37 heavy (non-hydrogen) atoms. The maximum Gasteiger partial charge on any atom is 0.165 e. The number of ether oxygens (including phenoxy) is 2. The zero-order valence-corrected chi connectivity index (χ0v) is 23.3. The monoisotopic (exact) mass is 521 g/mol. The van der Waals surface area contributed by atoms with Crippen LogP contribution in [0.1, 0.15) is 73.9 Å². The van der Waals surface area contributed by atoms with Gasteiger partial charge in [0.2, 0.25) is 0 Å². The Balaban J connectivity index is 1.38. The molecular weight excluding hydrogens is 482 g/mol. The Morgan fingerprint density at radius 3 is 2.70 bits per heavy atom. The molecule has 1 saturated heterocycles. The molecule has 2 N–H and O–H groups in total. The van der Waals surface area contributed by atoms with Crippen LogP contribution in [0, 0.1) is 23.7 Å². The smallest absolute Gasteiger partial charge is 0.165 e. The van der Waals surface area contributed by atoms with E-state index < -0.39 is 16.6 Å². The van der Waals surface area contributed by atoms with Crippen LogP contribution in [0.25, 0.3) is 0 Å². The number of benzene rings is 1. The van der Waals surface area contributed by atoms with Gasteiger partial charge in [0, 0.05) is 41.0 Å². The number of aliphatic hydroxyl groups is 1. The van der Waals surface area contributed by atoms with E-state index in [9.17, 15) is 10.2 Å². The first-order valence-electron chi connectivity index (χ1n) is 14.3. The number of likely N-dealkylation sites (tertiary alicyclic amines) is 1. The molecule has 2 aromatic rings. The highest BCUT2D eigenvalue weighted by Crippen LogP contribution is 2.83. The van der Waals surface area contributed by atoms with Crippen molar-refractivity contribution in [3.63, 3.8) is 0 Å². The summed E-state index contributed by atoms with van der Waals surface area (Å²) in [5.41, 5.74) is 1.44. The number of thiophene rings is 1. The molecule has 2 aliphatic heterocycles. The van der Waals surface area contributed by atoms with Crippen molar-refractivity contribution in [3.8, 4) is 11.5 Å². The van der Waals surface area contributed by atoms with E-state index in [4.69, 9.17) is 9.47 Å². The summed E-state index contributed by atoms with van der Waals surface area (Å²) in [6, 6.07) is 6.52. The molecule has 6 aliphatic rings. The van der Waals surface area contributed by atoms with Crippen molar-refractivity contribution >= 4 is 11.3 Å². The summed E-state index contributed by atoms with van der Waals surface area (Å²) >= 11 is 1.68. The molecule has 0 radical (unpaired) electrons. The maximum absolute atomic E-state index is 12.6. The summed E-state index contributed by atoms with van der Waals surface area (Å²) in [6.45, 7) is 9.09. The Labute approximate surface area is 223 Å². The molecule has 4 aliphatic carbocycles. The van der Waals surface area contributed by atoms with Crippen LogP contribution in [0.15, 0.2) is 23.6 Å². The molecule has 3 heterocycles. The topological polar surface area (TPSA) is 62.2 Å². The second-order valence-corrected chi connectivity index (χ2v) is 14.3. The third-order valence-corrected chi connectivity index (χ3v) is 13.4. The summed E-state index contributed by atoms with van der Waals surface area (Å²) < 4.78 is 13.7. The molecule has 0 amide bonds. The van der Waals surface area contributed by atoms with Crippen LogP contribution in [0.3, 0.4) is 0 Å². The van der Waals surface area contributed by atoms with E-state index >= 15 is 0 Å². The summed E-state index contributed by atoms with van der Waals surface area (Å²) in [4.78, 5) is 3.89. The lowest BCUT2D eigenvalue weighted by atomic mass is 9.39. The molecule has 4 fully saturated rings. The Kier molecular flexibility index (Phi) is 4.37. The number of aromatic hydroxyl groups is 1. The first-order valence-corrected chi connectivity index (χ1v) is 15.2. The van der Waals surface area contributed by atoms with Crippen molar-refractivity contribution in [2.75, 3.05) is 20.2 Å². The molecule has 7 atom stereocenters. The number of rotatable bonds is 5. The molecule has 2 spiro atoms. The van der Waals surface area contributed by atoms with Gasteiger partial charge in [-0.15, -0.1) is 11.3 Å². The number of methoxy groups -OCH3 is 1. The van der Waals surface area contributed by atoms with Gasteiger partial charge in [-0.25, -0.2) is 0 Å². The lowest BCUT2D eigenvalue weighted by Gasteiger charge is -2.70. The van der Waals surface area contributed by atoms with Crippen molar-refractivity contribution in [3.05, 3.63) is 45.1 Å². The molecule has 2 bridgehead atoms. The van der Waals surface area contributed by atoms with E-state index in [2.05, 4.69) is 43.2 Å². The van der Waals surface area contributed by atoms with Gasteiger partial charge >= 0.3 is 0 Å². The van der Waals surface area contributed by atoms with Gasteiger partial charge in [-0.1, -0.05) is 19.9 Å². The molecule has 3 saturated carbocycles. The van der Waals surface area contributed by atoms with Crippen molar-refractivity contribution in [2.45, 2.75) is 94.5 Å². The quantitative estimate of drug-likeness (QED) is 0.560. The van der Waals surface area contributed by atoms with E-state index in [0.717, 1.165) is 43.0 Å². The molecular formula is C31H39NO4S. The van der Waals surface area contributed by atoms with E-state index in [1.807, 2.05) is 13.2 Å². The second-order valence-electron chi connectivity index (χ2n) is 13.4. The van der Waals surface area contributed by atoms with E-state index in [0.29, 0.717) is 18.2 Å². The fourth-order valence-electron chi connectivity index (χ4n) is 10.4. The normalized spacial score (nSPS) is 45.1. The predicted molar refractivity (Wildman–Crippen MR) is 143 cm³/mol. The molecule has 1 aromatic carbocycles. The van der Waals surface area contributed by atoms with Crippen LogP contribution in [-0.4, -0.2) is 53.1 Å². The number of aryl methyl sites for hydroxylation is 1. The maximum atomic E-state index is 12.6. The van der Waals surface area contributed by atoms with Gasteiger partial charge in [-0.3, -0.25) is 4.90 Å². The number of hydrogen-bond donors (Lipinski definition) is 2. The minimum Gasteiger partial charge on any atom is -0.504 e. The Bertz CT molecular complexity index is 1310. The van der Waals surface area contributed by atoms with Crippen LogP contribution in [0.5, 0.6) is 11.5 Å². The average molecular weight is 522 g/mol. The fraction of sp³-hybridized carbons (Fsp3) is 0.677. The van der Waals surface area contributed by atoms with Crippen LogP contribution in [0.2, 0.25) is 0 Å². The summed E-state index contributed by atoms with van der Waals surface area (Å²) in [5, 5.41) is 25.8. The predicted octanol–water partition coefficient (Wildman–Crippen LogP) is 5.28. The third kappa shape index (κ3) is 2.37. The lowest BCUT2D eigenvalue weighted by molar-refractivity contribution is -0.256. The van der Waals surface area contributed by atoms with Gasteiger partial charge in [0.05, 0.1) is 0 Å². The minimum atomic E-state index is -0.919. The van der Waals surface area contributed by atoms with Crippen LogP contribution in [-0.2, 0) is 22.2 Å². The van der Waals surface area contributed by atoms with Gasteiger partial charge < -0.3 is 19.7 Å². The molecule has 8 rings (SSSR count). The number of hydrogen-bond acceptors (Lipinski definition) is 6. The average Bonchev–Trinajstić information content (AvgIpc) is 3.68. The molecule has 6 heteroatoms. The lowest BCUT2D eigenvalue weighted by Crippen LogP contribution is -2.78. The SMILES string of the molecule is CC[C@]1(OC)[C@@H]2Oc3c(O)ccc4c3[C@@]23CCN(CC2CC2)[C@H](C4)[C@@]3(C)CC12C[C@@]2(O)c1sccc1C. The van der Waals surface area contributed by atoms with Crippen molar-refractivity contribution in [2.24, 2.45) is 16.7 Å². The van der Waals surface area contributed by atoms with Crippen molar-refractivity contribution < 1.29 is 19.7 Å². The first-order chi connectivity index (χ1) is 17.7. The van der Waals surface area contributed by atoms with Gasteiger partial charge in [0.1, 0.15) is 17.3 Å². The van der Waals surface area contributed by atoms with E-state index in [-0.39, 0.29) is 22.7 Å². The van der Waals surface area contributed by atoms with E-state index in [1.54, 1.807) is 11.3 Å². The Morgan fingerprint density at radius 1 is 1.22 bits per heavy atom. The third-order valence-electron chi connectivity index (χ3n) is 12.2. The molecule has 198 valence electrons. The molecule has 1 aromatic heterocycles. The largest absolute Gasteiger partial charge is 0.504 e. The van der Waals surface area contributed by atoms with E-state index in [1.165, 1.54) is 36.1 Å². The summed E-state index contributed by atoms with van der Waals surface area (Å²) in [5.74, 6) is 1.77. The zero-order chi connectivity index (χ0) is 25.6. The van der Waals surface area contributed by atoms with Gasteiger partial charge in [0.15, 0.2) is 11.5 Å². The number of phenols is 1. The van der Waals surface area contributed by atoms with Crippen LogP contribution < -0.4 is 4.74 Å². The number of nitrogens with zero attached hydrogens (tertiary/aromatic N) is 1. The molecule has 5 nitrogen and oxygen atoms in total. The van der Waals surface area contributed by atoms with Crippen molar-refractivity contribution in [1.29, 1.82) is 0 Å². The Hall–Kier alpha value is -1.60. The van der Waals surface area contributed by atoms with Gasteiger partial charge in [0.25, 0.3) is 0 Å². The van der Waals surface area contributed by atoms with Gasteiger partial charge in [-0.2, -0.15) is 0 Å². The first kappa shape index (κ1) is 23.3.